The highest BCUT2D eigenvalue weighted by molar-refractivity contribution is 5.82. The van der Waals surface area contributed by atoms with Gasteiger partial charge in [0.2, 0.25) is 5.91 Å². The molecule has 1 unspecified atom stereocenters. The lowest BCUT2D eigenvalue weighted by Gasteiger charge is -2.12. The summed E-state index contributed by atoms with van der Waals surface area (Å²) in [6.07, 6.45) is 5.91. The fraction of sp³-hybridized carbons (Fsp3) is 0.375. The van der Waals surface area contributed by atoms with Gasteiger partial charge < -0.3 is 4.57 Å². The van der Waals surface area contributed by atoms with Crippen molar-refractivity contribution in [3.05, 3.63) is 53.6 Å². The lowest BCUT2D eigenvalue weighted by molar-refractivity contribution is -0.122. The number of carbonyl (C=O) groups excluding carboxylic acids is 1. The molecule has 2 aromatic rings. The van der Waals surface area contributed by atoms with Crippen molar-refractivity contribution in [2.75, 3.05) is 0 Å². The fourth-order valence-electron chi connectivity index (χ4n) is 2.32. The number of nitrogens with one attached hydrogen (secondary N) is 1. The lowest BCUT2D eigenvalue weighted by Crippen LogP contribution is -2.33. The van der Waals surface area contributed by atoms with Crippen molar-refractivity contribution in [1.82, 2.24) is 15.0 Å². The number of rotatable bonds is 6. The number of nitrogens with zero attached hydrogens (tertiary/aromatic N) is 2. The quantitative estimate of drug-likeness (QED) is 0.484. The monoisotopic (exact) mass is 286 g/mol. The van der Waals surface area contributed by atoms with Crippen LogP contribution >= 0.6 is 0 Å². The van der Waals surface area contributed by atoms with Crippen LogP contribution in [0.5, 0.6) is 0 Å². The minimum Gasteiger partial charge on any atom is -0.331 e. The summed E-state index contributed by atoms with van der Waals surface area (Å²) in [5.41, 5.74) is 4.33. The van der Waals surface area contributed by atoms with Crippen molar-refractivity contribution in [3.63, 3.8) is 0 Å². The molecule has 112 valence electrons. The highest BCUT2D eigenvalue weighted by Gasteiger charge is 2.13. The van der Waals surface area contributed by atoms with Crippen molar-refractivity contribution >= 4 is 5.91 Å². The molecule has 1 aromatic heterocycles. The Morgan fingerprint density at radius 3 is 2.71 bits per heavy atom. The van der Waals surface area contributed by atoms with Crippen molar-refractivity contribution in [3.8, 4) is 0 Å². The minimum atomic E-state index is -0.243. The molecule has 1 amide bonds. The Hall–Kier alpha value is -2.14. The third kappa shape index (κ3) is 3.70. The van der Waals surface area contributed by atoms with E-state index < -0.39 is 0 Å². The van der Waals surface area contributed by atoms with Gasteiger partial charge in [-0.1, -0.05) is 31.2 Å². The molecule has 0 radical (unpaired) electrons. The molecule has 1 heterocycles. The molecule has 0 saturated carbocycles. The van der Waals surface area contributed by atoms with E-state index in [4.69, 9.17) is 5.84 Å². The molecule has 0 aliphatic heterocycles. The van der Waals surface area contributed by atoms with Gasteiger partial charge in [0, 0.05) is 25.4 Å². The van der Waals surface area contributed by atoms with E-state index in [0.717, 1.165) is 30.8 Å². The van der Waals surface area contributed by atoms with Crippen LogP contribution in [0, 0.1) is 0 Å². The predicted octanol–water partition coefficient (Wildman–Crippen LogP) is 1.98. The second kappa shape index (κ2) is 7.04. The maximum absolute atomic E-state index is 11.5. The summed E-state index contributed by atoms with van der Waals surface area (Å²) in [6.45, 7) is 4.79. The second-order valence-corrected chi connectivity index (χ2v) is 5.19. The van der Waals surface area contributed by atoms with Crippen LogP contribution in [0.15, 0.2) is 36.7 Å². The first kappa shape index (κ1) is 15.3. The van der Waals surface area contributed by atoms with E-state index in [-0.39, 0.29) is 11.8 Å². The fourth-order valence-corrected chi connectivity index (χ4v) is 2.32. The maximum Gasteiger partial charge on any atom is 0.241 e. The van der Waals surface area contributed by atoms with Crippen LogP contribution in [0.1, 0.15) is 43.1 Å². The topological polar surface area (TPSA) is 72.9 Å². The Morgan fingerprint density at radius 1 is 1.38 bits per heavy atom. The smallest absolute Gasteiger partial charge is 0.241 e. The number of imidazole rings is 1. The first-order valence-corrected chi connectivity index (χ1v) is 7.25. The molecule has 0 bridgehead atoms. The predicted molar refractivity (Wildman–Crippen MR) is 82.5 cm³/mol. The molecule has 3 N–H and O–H groups in total. The van der Waals surface area contributed by atoms with Gasteiger partial charge in [0.05, 0.1) is 5.92 Å². The summed E-state index contributed by atoms with van der Waals surface area (Å²) in [5, 5.41) is 0. The van der Waals surface area contributed by atoms with Gasteiger partial charge in [-0.3, -0.25) is 10.2 Å². The van der Waals surface area contributed by atoms with E-state index in [1.54, 1.807) is 0 Å². The average molecular weight is 286 g/mol. The third-order valence-electron chi connectivity index (χ3n) is 3.64. The van der Waals surface area contributed by atoms with Crippen LogP contribution in [0.2, 0.25) is 0 Å². The number of hydrogen-bond acceptors (Lipinski definition) is 3. The zero-order valence-corrected chi connectivity index (χ0v) is 12.5. The van der Waals surface area contributed by atoms with Crippen LogP contribution in [0.25, 0.3) is 0 Å². The number of carbonyl (C=O) groups is 1. The van der Waals surface area contributed by atoms with Crippen LogP contribution < -0.4 is 11.3 Å². The van der Waals surface area contributed by atoms with E-state index in [0.29, 0.717) is 0 Å². The molecule has 5 nitrogen and oxygen atoms in total. The number of aryl methyl sites for hydroxylation is 1. The summed E-state index contributed by atoms with van der Waals surface area (Å²) in [5.74, 6) is 5.85. The molecule has 0 aliphatic carbocycles. The molecule has 0 saturated heterocycles. The molecule has 1 atom stereocenters. The van der Waals surface area contributed by atoms with Gasteiger partial charge in [-0.25, -0.2) is 10.8 Å². The zero-order chi connectivity index (χ0) is 15.2. The molecule has 21 heavy (non-hydrogen) atoms. The highest BCUT2D eigenvalue weighted by atomic mass is 16.2. The number of hydrazine groups is 1. The molecule has 0 spiro atoms. The van der Waals surface area contributed by atoms with Crippen molar-refractivity contribution in [2.24, 2.45) is 5.84 Å². The van der Waals surface area contributed by atoms with Gasteiger partial charge in [0.25, 0.3) is 0 Å². The molecule has 0 aliphatic rings. The van der Waals surface area contributed by atoms with E-state index in [9.17, 15) is 4.79 Å². The Bertz CT molecular complexity index is 589. The van der Waals surface area contributed by atoms with Crippen LogP contribution in [-0.4, -0.2) is 15.5 Å². The van der Waals surface area contributed by atoms with Crippen LogP contribution in [0.4, 0.5) is 0 Å². The Kier molecular flexibility index (Phi) is 5.11. The Morgan fingerprint density at radius 2 is 2.10 bits per heavy atom. The summed E-state index contributed by atoms with van der Waals surface area (Å²) in [7, 11) is 0. The minimum absolute atomic E-state index is 0.178. The number of amides is 1. The summed E-state index contributed by atoms with van der Waals surface area (Å²) in [4.78, 5) is 15.9. The molecule has 0 fully saturated rings. The first-order chi connectivity index (χ1) is 10.2. The Labute approximate surface area is 125 Å². The number of nitrogens with two attached hydrogens (primary N) is 1. The normalized spacial score (nSPS) is 12.1. The molecule has 1 aromatic carbocycles. The van der Waals surface area contributed by atoms with Gasteiger partial charge in [-0.15, -0.1) is 0 Å². The Balaban J connectivity index is 2.09. The van der Waals surface area contributed by atoms with Crippen LogP contribution in [0.3, 0.4) is 0 Å². The second-order valence-electron chi connectivity index (χ2n) is 5.19. The standard InChI is InChI=1S/C16H22N4O/c1-3-4-15-18-9-10-20(15)11-13-5-7-14(8-6-13)12(2)16(21)19-17/h5-10,12H,3-4,11,17H2,1-2H3,(H,19,21). The maximum atomic E-state index is 11.5. The van der Waals surface area contributed by atoms with Gasteiger partial charge in [-0.2, -0.15) is 0 Å². The summed E-state index contributed by atoms with van der Waals surface area (Å²) < 4.78 is 2.16. The first-order valence-electron chi connectivity index (χ1n) is 7.25. The number of aromatic nitrogens is 2. The number of benzene rings is 1. The van der Waals surface area contributed by atoms with E-state index in [1.807, 2.05) is 43.6 Å². The molecule has 2 rings (SSSR count). The summed E-state index contributed by atoms with van der Waals surface area (Å²) in [6, 6.07) is 8.05. The zero-order valence-electron chi connectivity index (χ0n) is 12.5. The van der Waals surface area contributed by atoms with Crippen molar-refractivity contribution < 1.29 is 4.79 Å². The lowest BCUT2D eigenvalue weighted by atomic mass is 9.99. The number of hydrogen-bond donors (Lipinski definition) is 2. The van der Waals surface area contributed by atoms with E-state index >= 15 is 0 Å². The molecular formula is C16H22N4O. The highest BCUT2D eigenvalue weighted by Crippen LogP contribution is 2.17. The largest absolute Gasteiger partial charge is 0.331 e. The van der Waals surface area contributed by atoms with Crippen molar-refractivity contribution in [2.45, 2.75) is 39.2 Å². The van der Waals surface area contributed by atoms with Gasteiger partial charge >= 0.3 is 0 Å². The third-order valence-corrected chi connectivity index (χ3v) is 3.64. The summed E-state index contributed by atoms with van der Waals surface area (Å²) >= 11 is 0. The molecular weight excluding hydrogens is 264 g/mol. The molecule has 5 heteroatoms. The SMILES string of the molecule is CCCc1nccn1Cc1ccc(C(C)C(=O)NN)cc1. The van der Waals surface area contributed by atoms with E-state index in [1.165, 1.54) is 5.56 Å². The van der Waals surface area contributed by atoms with Crippen molar-refractivity contribution in [1.29, 1.82) is 0 Å². The van der Waals surface area contributed by atoms with Gasteiger partial charge in [0.15, 0.2) is 0 Å². The van der Waals surface area contributed by atoms with Gasteiger partial charge in [-0.05, 0) is 24.5 Å². The van der Waals surface area contributed by atoms with Gasteiger partial charge in [0.1, 0.15) is 5.82 Å². The van der Waals surface area contributed by atoms with E-state index in [2.05, 4.69) is 21.9 Å². The average Bonchev–Trinajstić information content (AvgIpc) is 2.94. The van der Waals surface area contributed by atoms with Crippen LogP contribution in [-0.2, 0) is 17.8 Å².